The average Bonchev–Trinajstić information content (AvgIpc) is 1.85. The average molecular weight is 176 g/mol. The largest absolute Gasteiger partial charge is 0.481 e. The highest BCUT2D eigenvalue weighted by Gasteiger charge is 2.26. The highest BCUT2D eigenvalue weighted by Crippen LogP contribution is 1.92. The van der Waals surface area contributed by atoms with Gasteiger partial charge in [-0.1, -0.05) is 0 Å². The highest BCUT2D eigenvalue weighted by atomic mass is 16.4. The Morgan fingerprint density at radius 1 is 1.50 bits per heavy atom. The predicted molar refractivity (Wildman–Crippen MR) is 40.5 cm³/mol. The van der Waals surface area contributed by atoms with Crippen LogP contribution in [0.2, 0.25) is 0 Å². The van der Waals surface area contributed by atoms with Crippen molar-refractivity contribution in [3.05, 3.63) is 0 Å². The lowest BCUT2D eigenvalue weighted by Crippen LogP contribution is -2.57. The monoisotopic (exact) mass is 176 g/mol. The van der Waals surface area contributed by atoms with Crippen molar-refractivity contribution in [1.82, 2.24) is 5.32 Å². The Bertz CT molecular complexity index is 190. The van der Waals surface area contributed by atoms with Crippen LogP contribution in [-0.4, -0.2) is 34.4 Å². The molecule has 6 heteroatoms. The molecule has 12 heavy (non-hydrogen) atoms. The van der Waals surface area contributed by atoms with Gasteiger partial charge in [-0.3, -0.25) is 10.1 Å². The molecule has 70 valence electrons. The van der Waals surface area contributed by atoms with Crippen LogP contribution in [0.15, 0.2) is 0 Å². The minimum Gasteiger partial charge on any atom is -0.481 e. The zero-order valence-corrected chi connectivity index (χ0v) is 6.70. The predicted octanol–water partition coefficient (Wildman–Crippen LogP) is -1.19. The Labute approximate surface area is 69.4 Å². The van der Waals surface area contributed by atoms with Crippen LogP contribution in [-0.2, 0) is 9.59 Å². The van der Waals surface area contributed by atoms with Crippen molar-refractivity contribution in [2.75, 3.05) is 6.54 Å². The van der Waals surface area contributed by atoms with Crippen molar-refractivity contribution in [3.63, 3.8) is 0 Å². The van der Waals surface area contributed by atoms with E-state index in [0.29, 0.717) is 0 Å². The van der Waals surface area contributed by atoms with Crippen LogP contribution in [0.1, 0.15) is 13.3 Å². The number of nitrogens with one attached hydrogen (secondary N) is 1. The fourth-order valence-corrected chi connectivity index (χ4v) is 0.505. The van der Waals surface area contributed by atoms with Crippen LogP contribution < -0.4 is 11.1 Å². The fraction of sp³-hybridized carbons (Fsp3) is 0.667. The van der Waals surface area contributed by atoms with Crippen LogP contribution in [0.4, 0.5) is 0 Å². The first-order valence-electron chi connectivity index (χ1n) is 3.35. The van der Waals surface area contributed by atoms with E-state index in [1.54, 1.807) is 0 Å². The van der Waals surface area contributed by atoms with Crippen LogP contribution in [0.5, 0.6) is 0 Å². The summed E-state index contributed by atoms with van der Waals surface area (Å²) in [5.74, 6) is -2.21. The molecule has 0 heterocycles. The third kappa shape index (κ3) is 3.89. The molecule has 5 N–H and O–H groups in total. The molecule has 0 bridgehead atoms. The molecular weight excluding hydrogens is 164 g/mol. The summed E-state index contributed by atoms with van der Waals surface area (Å²) in [6.45, 7) is 1.30. The van der Waals surface area contributed by atoms with E-state index in [1.165, 1.54) is 6.92 Å². The molecule has 0 aromatic carbocycles. The third-order valence-corrected chi connectivity index (χ3v) is 1.28. The van der Waals surface area contributed by atoms with E-state index in [1.807, 2.05) is 0 Å². The lowest BCUT2D eigenvalue weighted by molar-refractivity contribution is -0.144. The second kappa shape index (κ2) is 4.03. The van der Waals surface area contributed by atoms with E-state index in [-0.39, 0.29) is 13.0 Å². The first kappa shape index (κ1) is 10.9. The Morgan fingerprint density at radius 2 is 2.00 bits per heavy atom. The molecule has 1 atom stereocenters. The molecule has 6 nitrogen and oxygen atoms in total. The molecule has 0 radical (unpaired) electrons. The smallest absolute Gasteiger partial charge is 0.338 e. The summed E-state index contributed by atoms with van der Waals surface area (Å²) in [4.78, 5) is 20.4. The number of carboxylic acid groups (broad SMARTS) is 2. The fourth-order valence-electron chi connectivity index (χ4n) is 0.505. The van der Waals surface area contributed by atoms with Crippen LogP contribution in [0.3, 0.4) is 0 Å². The van der Waals surface area contributed by atoms with E-state index >= 15 is 0 Å². The summed E-state index contributed by atoms with van der Waals surface area (Å²) in [6, 6.07) is 0. The summed E-state index contributed by atoms with van der Waals surface area (Å²) < 4.78 is 0. The Kier molecular flexibility index (Phi) is 3.65. The first-order valence-corrected chi connectivity index (χ1v) is 3.35. The second-order valence-corrected chi connectivity index (χ2v) is 2.58. The van der Waals surface area contributed by atoms with E-state index in [4.69, 9.17) is 15.9 Å². The molecule has 0 aliphatic rings. The van der Waals surface area contributed by atoms with Gasteiger partial charge in [0.15, 0.2) is 5.66 Å². The quantitative estimate of drug-likeness (QED) is 0.392. The summed E-state index contributed by atoms with van der Waals surface area (Å²) in [7, 11) is 0. The zero-order chi connectivity index (χ0) is 9.78. The Morgan fingerprint density at radius 3 is 2.33 bits per heavy atom. The van der Waals surface area contributed by atoms with Gasteiger partial charge in [0.1, 0.15) is 0 Å². The van der Waals surface area contributed by atoms with E-state index in [2.05, 4.69) is 5.32 Å². The van der Waals surface area contributed by atoms with Crippen LogP contribution in [0, 0.1) is 0 Å². The normalized spacial score (nSPS) is 15.2. The number of hydrogen-bond donors (Lipinski definition) is 4. The minimum absolute atomic E-state index is 0.0363. The molecule has 0 aliphatic heterocycles. The second-order valence-electron chi connectivity index (χ2n) is 2.58. The molecule has 0 saturated carbocycles. The molecule has 0 saturated heterocycles. The summed E-state index contributed by atoms with van der Waals surface area (Å²) in [6.07, 6.45) is -0.153. The maximum atomic E-state index is 10.4. The molecule has 0 unspecified atom stereocenters. The van der Waals surface area contributed by atoms with Gasteiger partial charge in [-0.25, -0.2) is 4.79 Å². The van der Waals surface area contributed by atoms with Gasteiger partial charge in [0.2, 0.25) is 0 Å². The minimum atomic E-state index is -1.56. The standard InChI is InChI=1S/C6H12N2O4/c1-6(7,5(11)12)8-3-2-4(9)10/h8H,2-3,7H2,1H3,(H,9,10)(H,11,12)/t6-/m0/s1. The number of aliphatic carboxylic acids is 2. The maximum absolute atomic E-state index is 10.4. The van der Waals surface area contributed by atoms with Gasteiger partial charge in [0.25, 0.3) is 0 Å². The van der Waals surface area contributed by atoms with Crippen molar-refractivity contribution >= 4 is 11.9 Å². The Balaban J connectivity index is 3.76. The van der Waals surface area contributed by atoms with Gasteiger partial charge in [-0.05, 0) is 6.92 Å². The van der Waals surface area contributed by atoms with Gasteiger partial charge in [-0.15, -0.1) is 0 Å². The molecule has 0 aromatic rings. The molecule has 0 aliphatic carbocycles. The van der Waals surface area contributed by atoms with Crippen molar-refractivity contribution in [3.8, 4) is 0 Å². The maximum Gasteiger partial charge on any atom is 0.338 e. The topological polar surface area (TPSA) is 113 Å². The zero-order valence-electron chi connectivity index (χ0n) is 6.70. The molecule has 0 rings (SSSR count). The van der Waals surface area contributed by atoms with E-state index in [9.17, 15) is 9.59 Å². The van der Waals surface area contributed by atoms with Crippen molar-refractivity contribution in [2.45, 2.75) is 19.0 Å². The van der Waals surface area contributed by atoms with Gasteiger partial charge in [-0.2, -0.15) is 0 Å². The van der Waals surface area contributed by atoms with Gasteiger partial charge in [0, 0.05) is 6.54 Å². The lowest BCUT2D eigenvalue weighted by Gasteiger charge is -2.19. The van der Waals surface area contributed by atoms with Crippen molar-refractivity contribution in [1.29, 1.82) is 0 Å². The number of rotatable bonds is 5. The van der Waals surface area contributed by atoms with Crippen LogP contribution >= 0.6 is 0 Å². The molecule has 0 spiro atoms. The highest BCUT2D eigenvalue weighted by molar-refractivity contribution is 5.77. The lowest BCUT2D eigenvalue weighted by atomic mass is 10.2. The molecular formula is C6H12N2O4. The number of nitrogens with two attached hydrogens (primary N) is 1. The molecule has 0 aromatic heterocycles. The Hall–Kier alpha value is -1.14. The van der Waals surface area contributed by atoms with E-state index in [0.717, 1.165) is 0 Å². The molecule has 0 fully saturated rings. The van der Waals surface area contributed by atoms with E-state index < -0.39 is 17.6 Å². The number of carbonyl (C=O) groups is 2. The van der Waals surface area contributed by atoms with Crippen molar-refractivity contribution < 1.29 is 19.8 Å². The SMILES string of the molecule is C[C@](N)(NCCC(=O)O)C(=O)O. The molecule has 0 amide bonds. The number of hydrogen-bond acceptors (Lipinski definition) is 4. The number of carboxylic acids is 2. The third-order valence-electron chi connectivity index (χ3n) is 1.28. The van der Waals surface area contributed by atoms with Crippen LogP contribution in [0.25, 0.3) is 0 Å². The summed E-state index contributed by atoms with van der Waals surface area (Å²) in [5.41, 5.74) is 3.68. The van der Waals surface area contributed by atoms with Gasteiger partial charge < -0.3 is 15.9 Å². The van der Waals surface area contributed by atoms with Gasteiger partial charge in [0.05, 0.1) is 6.42 Å². The van der Waals surface area contributed by atoms with Gasteiger partial charge >= 0.3 is 11.9 Å². The first-order chi connectivity index (χ1) is 5.36. The summed E-state index contributed by atoms with van der Waals surface area (Å²) in [5, 5.41) is 19.1. The summed E-state index contributed by atoms with van der Waals surface area (Å²) >= 11 is 0. The van der Waals surface area contributed by atoms with Crippen molar-refractivity contribution in [2.24, 2.45) is 5.73 Å².